The number of esters is 1. The summed E-state index contributed by atoms with van der Waals surface area (Å²) in [5.41, 5.74) is 0. The Bertz CT molecular complexity index is 1430. The van der Waals surface area contributed by atoms with Gasteiger partial charge in [-0.05, 0) is 41.1 Å². The van der Waals surface area contributed by atoms with Gasteiger partial charge in [0.1, 0.15) is 6.10 Å². The average Bonchev–Trinajstić information content (AvgIpc) is 3.25. The van der Waals surface area contributed by atoms with Gasteiger partial charge in [-0.2, -0.15) is 0 Å². The molecule has 0 saturated heterocycles. The lowest BCUT2D eigenvalue weighted by molar-refractivity contribution is -0.150. The van der Waals surface area contributed by atoms with Gasteiger partial charge in [-0.25, -0.2) is 13.1 Å². The summed E-state index contributed by atoms with van der Waals surface area (Å²) >= 11 is 0. The number of ether oxygens (including phenoxy) is 2. The van der Waals surface area contributed by atoms with Gasteiger partial charge in [0.15, 0.2) is 0 Å². The van der Waals surface area contributed by atoms with Gasteiger partial charge in [-0.1, -0.05) is 237 Å². The van der Waals surface area contributed by atoms with Crippen molar-refractivity contribution in [1.82, 2.24) is 4.72 Å². The summed E-state index contributed by atoms with van der Waals surface area (Å²) in [5.74, 6) is -0.0170. The third kappa shape index (κ3) is 24.3. The molecule has 0 heterocycles. The van der Waals surface area contributed by atoms with E-state index in [9.17, 15) is 13.2 Å². The largest absolute Gasteiger partial charge is 0.462 e. The third-order valence-electron chi connectivity index (χ3n) is 12.3. The van der Waals surface area contributed by atoms with Crippen LogP contribution in [-0.4, -0.2) is 60.4 Å². The SMILES string of the molecule is CCCCCCCCCCCCS(=O)(=O)N[C@H](COCC[C@@H](CCCCCCC)OC(=O)CCCCCCCCCCC)CO[Si](c1ccccc1)(c1ccccc1)C(C)(C)C. The van der Waals surface area contributed by atoms with Crippen molar-refractivity contribution in [2.75, 3.05) is 25.6 Å². The number of sulfonamides is 1. The van der Waals surface area contributed by atoms with Crippen LogP contribution in [0.3, 0.4) is 0 Å². The number of nitrogens with one attached hydrogen (secondary N) is 1. The number of carbonyl (C=O) groups is 1. The monoisotopic (exact) mass is 900 g/mol. The summed E-state index contributed by atoms with van der Waals surface area (Å²) in [4.78, 5) is 13.0. The van der Waals surface area contributed by atoms with Crippen LogP contribution in [0.2, 0.25) is 5.04 Å². The van der Waals surface area contributed by atoms with Crippen molar-refractivity contribution in [1.29, 1.82) is 0 Å². The van der Waals surface area contributed by atoms with Gasteiger partial charge in [-0.3, -0.25) is 4.79 Å². The Hall–Kier alpha value is -2.04. The Morgan fingerprint density at radius 2 is 1.02 bits per heavy atom. The smallest absolute Gasteiger partial charge is 0.306 e. The molecule has 0 spiro atoms. The number of unbranched alkanes of at least 4 members (excludes halogenated alkanes) is 21. The molecule has 0 saturated carbocycles. The molecule has 2 aromatic carbocycles. The van der Waals surface area contributed by atoms with Gasteiger partial charge >= 0.3 is 5.97 Å². The second-order valence-electron chi connectivity index (χ2n) is 19.0. The number of carbonyl (C=O) groups excluding carboxylic acids is 1. The first-order valence-electron chi connectivity index (χ1n) is 25.5. The highest BCUT2D eigenvalue weighted by Crippen LogP contribution is 2.37. The average molecular weight is 900 g/mol. The standard InChI is InChI=1S/C53H93NO6SSi/c1-7-10-13-16-18-20-22-24-27-36-45-61(56,57)54-48(47-59-62(53(4,5)6,50-38-31-28-32-39-50)51-40-33-29-34-41-51)46-58-44-43-49(37-30-25-15-12-9-3)60-52(55)42-35-26-23-21-19-17-14-11-8-2/h28-29,31-34,38-41,48-49,54H,7-27,30,35-37,42-47H2,1-6H3/t48-,49-/m1/s1. The Balaban J connectivity index is 2.13. The predicted molar refractivity (Wildman–Crippen MR) is 267 cm³/mol. The topological polar surface area (TPSA) is 90.9 Å². The minimum absolute atomic E-state index is 0.0915. The van der Waals surface area contributed by atoms with Crippen LogP contribution in [0, 0.1) is 0 Å². The van der Waals surface area contributed by atoms with Gasteiger partial charge in [0, 0.05) is 12.8 Å². The Kier molecular flexibility index (Phi) is 31.1. The fraction of sp³-hybridized carbons (Fsp3) is 0.755. The van der Waals surface area contributed by atoms with Gasteiger partial charge in [0.05, 0.1) is 31.6 Å². The first-order chi connectivity index (χ1) is 30.0. The van der Waals surface area contributed by atoms with Crippen molar-refractivity contribution in [2.45, 2.75) is 232 Å². The molecule has 0 aliphatic rings. The lowest BCUT2D eigenvalue weighted by atomic mass is 10.1. The molecule has 62 heavy (non-hydrogen) atoms. The lowest BCUT2D eigenvalue weighted by Crippen LogP contribution is -2.67. The minimum Gasteiger partial charge on any atom is -0.462 e. The molecule has 2 rings (SSSR count). The summed E-state index contributed by atoms with van der Waals surface area (Å²) in [7, 11) is -6.52. The van der Waals surface area contributed by atoms with Crippen molar-refractivity contribution in [3.63, 3.8) is 0 Å². The van der Waals surface area contributed by atoms with Gasteiger partial charge in [-0.15, -0.1) is 0 Å². The molecule has 1 N–H and O–H groups in total. The summed E-state index contributed by atoms with van der Waals surface area (Å²) in [6, 6.07) is 20.4. The van der Waals surface area contributed by atoms with Crippen LogP contribution in [0.1, 0.15) is 215 Å². The summed E-state index contributed by atoms with van der Waals surface area (Å²) in [6.07, 6.45) is 29.8. The van der Waals surface area contributed by atoms with E-state index in [-0.39, 0.29) is 36.1 Å². The molecule has 0 aliphatic carbocycles. The zero-order chi connectivity index (χ0) is 45.2. The highest BCUT2D eigenvalue weighted by Gasteiger charge is 2.50. The number of benzene rings is 2. The Morgan fingerprint density at radius 1 is 0.581 bits per heavy atom. The molecule has 0 unspecified atom stereocenters. The van der Waals surface area contributed by atoms with E-state index in [2.05, 4.69) is 94.8 Å². The molecule has 0 radical (unpaired) electrons. The summed E-state index contributed by atoms with van der Waals surface area (Å²) < 4.78 is 50.2. The molecular formula is C53H93NO6SSi. The fourth-order valence-electron chi connectivity index (χ4n) is 8.70. The first kappa shape index (κ1) is 56.1. The van der Waals surface area contributed by atoms with Crippen LogP contribution in [0.5, 0.6) is 0 Å². The second-order valence-corrected chi connectivity index (χ2v) is 25.2. The van der Waals surface area contributed by atoms with Crippen molar-refractivity contribution >= 4 is 34.7 Å². The van der Waals surface area contributed by atoms with E-state index in [1.165, 1.54) is 103 Å². The van der Waals surface area contributed by atoms with Crippen LogP contribution in [0.25, 0.3) is 0 Å². The predicted octanol–water partition coefficient (Wildman–Crippen LogP) is 13.4. The minimum atomic E-state index is -3.59. The number of hydrogen-bond donors (Lipinski definition) is 1. The highest BCUT2D eigenvalue weighted by molar-refractivity contribution is 7.89. The number of hydrogen-bond acceptors (Lipinski definition) is 6. The van der Waals surface area contributed by atoms with Crippen molar-refractivity contribution in [3.05, 3.63) is 60.7 Å². The van der Waals surface area contributed by atoms with Crippen LogP contribution < -0.4 is 15.1 Å². The van der Waals surface area contributed by atoms with E-state index in [0.29, 0.717) is 25.9 Å². The maximum Gasteiger partial charge on any atom is 0.306 e. The van der Waals surface area contributed by atoms with Crippen LogP contribution in [0.15, 0.2) is 60.7 Å². The van der Waals surface area contributed by atoms with Crippen molar-refractivity contribution in [2.24, 2.45) is 0 Å². The summed E-state index contributed by atoms with van der Waals surface area (Å²) in [6.45, 7) is 14.2. The van der Waals surface area contributed by atoms with Crippen LogP contribution >= 0.6 is 0 Å². The Labute approximate surface area is 383 Å². The van der Waals surface area contributed by atoms with E-state index in [4.69, 9.17) is 13.9 Å². The van der Waals surface area contributed by atoms with E-state index >= 15 is 0 Å². The number of rotatable bonds is 40. The molecule has 2 atom stereocenters. The molecule has 9 heteroatoms. The molecule has 0 fully saturated rings. The second kappa shape index (κ2) is 34.3. The highest BCUT2D eigenvalue weighted by atomic mass is 32.2. The Morgan fingerprint density at radius 3 is 1.48 bits per heavy atom. The van der Waals surface area contributed by atoms with E-state index in [0.717, 1.165) is 61.7 Å². The first-order valence-corrected chi connectivity index (χ1v) is 29.1. The van der Waals surface area contributed by atoms with E-state index in [1.807, 2.05) is 12.1 Å². The zero-order valence-corrected chi connectivity index (χ0v) is 42.5. The van der Waals surface area contributed by atoms with E-state index < -0.39 is 24.4 Å². The fourth-order valence-corrected chi connectivity index (χ4v) is 14.7. The molecular weight excluding hydrogens is 807 g/mol. The molecule has 7 nitrogen and oxygen atoms in total. The van der Waals surface area contributed by atoms with Crippen molar-refractivity contribution in [3.8, 4) is 0 Å². The van der Waals surface area contributed by atoms with Crippen LogP contribution in [0.4, 0.5) is 0 Å². The maximum atomic E-state index is 13.7. The lowest BCUT2D eigenvalue weighted by Gasteiger charge is -2.43. The molecule has 0 aromatic heterocycles. The van der Waals surface area contributed by atoms with Crippen LogP contribution in [-0.2, 0) is 28.7 Å². The molecule has 0 amide bonds. The molecule has 356 valence electrons. The zero-order valence-electron chi connectivity index (χ0n) is 40.7. The molecule has 0 aliphatic heterocycles. The van der Waals surface area contributed by atoms with Crippen molar-refractivity contribution < 1.29 is 27.1 Å². The maximum absolute atomic E-state index is 13.7. The van der Waals surface area contributed by atoms with Gasteiger partial charge in [0.25, 0.3) is 8.32 Å². The molecule has 2 aromatic rings. The van der Waals surface area contributed by atoms with Gasteiger partial charge < -0.3 is 13.9 Å². The molecule has 0 bridgehead atoms. The quantitative estimate of drug-likeness (QED) is 0.0407. The summed E-state index contributed by atoms with van der Waals surface area (Å²) in [5, 5.41) is 2.05. The van der Waals surface area contributed by atoms with E-state index in [1.54, 1.807) is 0 Å². The third-order valence-corrected chi connectivity index (χ3v) is 18.9. The normalized spacial score (nSPS) is 13.3. The van der Waals surface area contributed by atoms with Gasteiger partial charge in [0.2, 0.25) is 10.0 Å².